The molecule has 22 heavy (non-hydrogen) atoms. The monoisotopic (exact) mass is 320 g/mol. The maximum atomic E-state index is 12.9. The zero-order valence-electron chi connectivity index (χ0n) is 11.9. The molecule has 2 aromatic carbocycles. The number of benzene rings is 2. The fourth-order valence-corrected chi connectivity index (χ4v) is 1.88. The number of allylic oxidation sites excluding steroid dienone is 1. The van der Waals surface area contributed by atoms with E-state index >= 15 is 0 Å². The molecule has 5 heteroatoms. The van der Waals surface area contributed by atoms with Crippen LogP contribution in [0.5, 0.6) is 11.5 Å². The van der Waals surface area contributed by atoms with Crippen LogP contribution in [0.15, 0.2) is 48.5 Å². The SMILES string of the molecule is COc1ccc(/C=C/C(=O)Cl)cc1OCc1ccc(F)cc1. The highest BCUT2D eigenvalue weighted by Crippen LogP contribution is 2.29. The van der Waals surface area contributed by atoms with E-state index < -0.39 is 5.24 Å². The fraction of sp³-hybridized carbons (Fsp3) is 0.118. The highest BCUT2D eigenvalue weighted by Gasteiger charge is 2.06. The van der Waals surface area contributed by atoms with E-state index in [1.807, 2.05) is 0 Å². The lowest BCUT2D eigenvalue weighted by molar-refractivity contribution is -0.107. The van der Waals surface area contributed by atoms with Crippen LogP contribution < -0.4 is 9.47 Å². The minimum atomic E-state index is -0.551. The first kappa shape index (κ1) is 16.0. The molecule has 0 radical (unpaired) electrons. The largest absolute Gasteiger partial charge is 0.493 e. The second-order valence-electron chi connectivity index (χ2n) is 4.46. The van der Waals surface area contributed by atoms with Crippen LogP contribution in [0.25, 0.3) is 6.08 Å². The van der Waals surface area contributed by atoms with Gasteiger partial charge >= 0.3 is 0 Å². The van der Waals surface area contributed by atoms with Crippen molar-refractivity contribution in [3.63, 3.8) is 0 Å². The summed E-state index contributed by atoms with van der Waals surface area (Å²) in [5, 5.41) is -0.551. The van der Waals surface area contributed by atoms with Gasteiger partial charge in [-0.05, 0) is 53.1 Å². The van der Waals surface area contributed by atoms with Gasteiger partial charge in [-0.3, -0.25) is 4.79 Å². The van der Waals surface area contributed by atoms with Gasteiger partial charge in [-0.2, -0.15) is 0 Å². The quantitative estimate of drug-likeness (QED) is 0.591. The van der Waals surface area contributed by atoms with Gasteiger partial charge in [0.2, 0.25) is 5.24 Å². The van der Waals surface area contributed by atoms with Gasteiger partial charge in [0.05, 0.1) is 7.11 Å². The van der Waals surface area contributed by atoms with Gasteiger partial charge in [0.1, 0.15) is 12.4 Å². The molecular formula is C17H14ClFO3. The first-order chi connectivity index (χ1) is 10.6. The van der Waals surface area contributed by atoms with Gasteiger partial charge in [-0.1, -0.05) is 24.3 Å². The topological polar surface area (TPSA) is 35.5 Å². The van der Waals surface area contributed by atoms with Crippen molar-refractivity contribution in [2.75, 3.05) is 7.11 Å². The van der Waals surface area contributed by atoms with E-state index in [4.69, 9.17) is 21.1 Å². The third-order valence-electron chi connectivity index (χ3n) is 2.90. The normalized spacial score (nSPS) is 10.7. The molecule has 0 aliphatic rings. The molecule has 0 bridgehead atoms. The Kier molecular flexibility index (Phi) is 5.55. The molecule has 3 nitrogen and oxygen atoms in total. The van der Waals surface area contributed by atoms with Gasteiger partial charge in [0, 0.05) is 0 Å². The van der Waals surface area contributed by atoms with Crippen LogP contribution >= 0.6 is 11.6 Å². The van der Waals surface area contributed by atoms with Crippen LogP contribution in [0.1, 0.15) is 11.1 Å². The van der Waals surface area contributed by atoms with Crippen molar-refractivity contribution in [1.29, 1.82) is 0 Å². The average Bonchev–Trinajstić information content (AvgIpc) is 2.52. The van der Waals surface area contributed by atoms with E-state index in [9.17, 15) is 9.18 Å². The number of halogens is 2. The van der Waals surface area contributed by atoms with Gasteiger partial charge in [-0.25, -0.2) is 4.39 Å². The maximum absolute atomic E-state index is 12.9. The number of methoxy groups -OCH3 is 1. The van der Waals surface area contributed by atoms with Gasteiger partial charge in [0.15, 0.2) is 11.5 Å². The van der Waals surface area contributed by atoms with E-state index in [2.05, 4.69) is 0 Å². The molecule has 0 aliphatic carbocycles. The second-order valence-corrected chi connectivity index (χ2v) is 4.84. The summed E-state index contributed by atoms with van der Waals surface area (Å²) < 4.78 is 23.8. The Bertz CT molecular complexity index is 681. The molecule has 114 valence electrons. The highest BCUT2D eigenvalue weighted by atomic mass is 35.5. The average molecular weight is 321 g/mol. The molecule has 0 saturated carbocycles. The Morgan fingerprint density at radius 2 is 1.91 bits per heavy atom. The third-order valence-corrected chi connectivity index (χ3v) is 3.03. The van der Waals surface area contributed by atoms with Crippen molar-refractivity contribution >= 4 is 22.9 Å². The van der Waals surface area contributed by atoms with Crippen LogP contribution in [-0.4, -0.2) is 12.4 Å². The third kappa shape index (κ3) is 4.60. The number of ether oxygens (including phenoxy) is 2. The van der Waals surface area contributed by atoms with E-state index in [0.717, 1.165) is 11.1 Å². The predicted octanol–water partition coefficient (Wildman–Crippen LogP) is 4.19. The summed E-state index contributed by atoms with van der Waals surface area (Å²) in [6.07, 6.45) is 2.84. The zero-order valence-corrected chi connectivity index (χ0v) is 12.6. The highest BCUT2D eigenvalue weighted by molar-refractivity contribution is 6.66. The van der Waals surface area contributed by atoms with Crippen LogP contribution in [0, 0.1) is 5.82 Å². The number of carbonyl (C=O) groups excluding carboxylic acids is 1. The maximum Gasteiger partial charge on any atom is 0.245 e. The van der Waals surface area contributed by atoms with Crippen LogP contribution in [-0.2, 0) is 11.4 Å². The first-order valence-electron chi connectivity index (χ1n) is 6.51. The van der Waals surface area contributed by atoms with Crippen molar-refractivity contribution in [2.24, 2.45) is 0 Å². The minimum absolute atomic E-state index is 0.276. The lowest BCUT2D eigenvalue weighted by Gasteiger charge is -2.11. The number of rotatable bonds is 6. The van der Waals surface area contributed by atoms with Crippen molar-refractivity contribution in [1.82, 2.24) is 0 Å². The molecule has 2 aromatic rings. The molecular weight excluding hydrogens is 307 g/mol. The zero-order chi connectivity index (χ0) is 15.9. The lowest BCUT2D eigenvalue weighted by atomic mass is 10.2. The molecule has 0 saturated heterocycles. The number of hydrogen-bond acceptors (Lipinski definition) is 3. The molecule has 0 amide bonds. The van der Waals surface area contributed by atoms with Crippen molar-refractivity contribution in [2.45, 2.75) is 6.61 Å². The molecule has 2 rings (SSSR count). The van der Waals surface area contributed by atoms with Crippen molar-refractivity contribution < 1.29 is 18.7 Å². The Balaban J connectivity index is 2.15. The van der Waals surface area contributed by atoms with E-state index in [-0.39, 0.29) is 12.4 Å². The molecule has 0 N–H and O–H groups in total. The summed E-state index contributed by atoms with van der Waals surface area (Å²) in [6.45, 7) is 0.276. The van der Waals surface area contributed by atoms with Crippen molar-refractivity contribution in [3.05, 3.63) is 65.5 Å². The Hall–Kier alpha value is -2.33. The summed E-state index contributed by atoms with van der Waals surface area (Å²) in [7, 11) is 1.54. The minimum Gasteiger partial charge on any atom is -0.493 e. The first-order valence-corrected chi connectivity index (χ1v) is 6.89. The Morgan fingerprint density at radius 1 is 1.18 bits per heavy atom. The van der Waals surface area contributed by atoms with Gasteiger partial charge in [0.25, 0.3) is 0 Å². The van der Waals surface area contributed by atoms with Crippen LogP contribution in [0.3, 0.4) is 0 Å². The lowest BCUT2D eigenvalue weighted by Crippen LogP contribution is -1.98. The van der Waals surface area contributed by atoms with Gasteiger partial charge < -0.3 is 9.47 Å². The fourth-order valence-electron chi connectivity index (χ4n) is 1.81. The van der Waals surface area contributed by atoms with E-state index in [1.54, 1.807) is 36.4 Å². The molecule has 0 unspecified atom stereocenters. The van der Waals surface area contributed by atoms with E-state index in [0.29, 0.717) is 11.5 Å². The molecule has 0 atom stereocenters. The van der Waals surface area contributed by atoms with Crippen LogP contribution in [0.2, 0.25) is 0 Å². The summed E-state index contributed by atoms with van der Waals surface area (Å²) in [5.74, 6) is 0.798. The van der Waals surface area contributed by atoms with E-state index in [1.165, 1.54) is 25.3 Å². The standard InChI is InChI=1S/C17H14ClFO3/c1-21-15-8-4-12(5-9-17(18)20)10-16(15)22-11-13-2-6-14(19)7-3-13/h2-10H,11H2,1H3/b9-5+. The summed E-state index contributed by atoms with van der Waals surface area (Å²) in [4.78, 5) is 10.8. The number of carbonyl (C=O) groups is 1. The summed E-state index contributed by atoms with van der Waals surface area (Å²) in [6, 6.07) is 11.3. The summed E-state index contributed by atoms with van der Waals surface area (Å²) >= 11 is 5.27. The molecule has 0 aromatic heterocycles. The number of hydrogen-bond donors (Lipinski definition) is 0. The second kappa shape index (κ2) is 7.61. The Morgan fingerprint density at radius 3 is 2.55 bits per heavy atom. The van der Waals surface area contributed by atoms with Gasteiger partial charge in [-0.15, -0.1) is 0 Å². The smallest absolute Gasteiger partial charge is 0.245 e. The van der Waals surface area contributed by atoms with Crippen molar-refractivity contribution in [3.8, 4) is 11.5 Å². The molecule has 0 heterocycles. The molecule has 0 fully saturated rings. The molecule has 0 aliphatic heterocycles. The molecule has 0 spiro atoms. The Labute approximate surface area is 132 Å². The summed E-state index contributed by atoms with van der Waals surface area (Å²) in [5.41, 5.74) is 1.59. The predicted molar refractivity (Wildman–Crippen MR) is 83.6 cm³/mol. The van der Waals surface area contributed by atoms with Crippen LogP contribution in [0.4, 0.5) is 4.39 Å².